The average Bonchev–Trinajstić information content (AvgIpc) is 2.70. The Morgan fingerprint density at radius 2 is 1.58 bits per heavy atom. The molecule has 0 bridgehead atoms. The summed E-state index contributed by atoms with van der Waals surface area (Å²) in [6, 6.07) is 21.0. The Morgan fingerprint density at radius 1 is 0.885 bits per heavy atom. The first kappa shape index (κ1) is 17.5. The molecule has 0 aliphatic carbocycles. The van der Waals surface area contributed by atoms with Gasteiger partial charge in [0.25, 0.3) is 0 Å². The zero-order chi connectivity index (χ0) is 18.4. The molecule has 0 atom stereocenters. The van der Waals surface area contributed by atoms with Gasteiger partial charge in [0.05, 0.1) is 13.7 Å². The lowest BCUT2D eigenvalue weighted by Gasteiger charge is -2.17. The molecule has 0 radical (unpaired) electrons. The van der Waals surface area contributed by atoms with E-state index in [4.69, 9.17) is 14.2 Å². The van der Waals surface area contributed by atoms with Gasteiger partial charge in [-0.3, -0.25) is 4.79 Å². The maximum Gasteiger partial charge on any atom is 0.204 e. The minimum atomic E-state index is 0.441. The molecule has 0 heterocycles. The van der Waals surface area contributed by atoms with Gasteiger partial charge in [-0.1, -0.05) is 48.5 Å². The maximum atomic E-state index is 11.3. The Morgan fingerprint density at radius 3 is 2.27 bits per heavy atom. The van der Waals surface area contributed by atoms with Crippen LogP contribution in [0.1, 0.15) is 17.3 Å². The van der Waals surface area contributed by atoms with Crippen LogP contribution in [0.15, 0.2) is 66.7 Å². The number of ether oxygens (including phenoxy) is 3. The van der Waals surface area contributed by atoms with Gasteiger partial charge in [-0.2, -0.15) is 0 Å². The quantitative estimate of drug-likeness (QED) is 0.539. The molecule has 0 aliphatic rings. The number of benzene rings is 3. The van der Waals surface area contributed by atoms with Gasteiger partial charge in [0.2, 0.25) is 5.75 Å². The number of para-hydroxylation sites is 1. The van der Waals surface area contributed by atoms with E-state index >= 15 is 0 Å². The normalized spacial score (nSPS) is 10.2. The van der Waals surface area contributed by atoms with Gasteiger partial charge in [0.15, 0.2) is 11.5 Å². The lowest BCUT2D eigenvalue weighted by atomic mass is 10.0. The van der Waals surface area contributed by atoms with E-state index in [1.807, 2.05) is 61.5 Å². The van der Waals surface area contributed by atoms with Crippen LogP contribution in [0, 0.1) is 0 Å². The van der Waals surface area contributed by atoms with Crippen LogP contribution >= 0.6 is 0 Å². The number of hydrogen-bond acceptors (Lipinski definition) is 4. The van der Waals surface area contributed by atoms with E-state index in [-0.39, 0.29) is 0 Å². The standard InChI is InChI=1S/C22H20O4/c1-3-25-22-20(24-2)13-16(15-23)14-21(22)26-19-12-8-7-11-18(19)17-9-5-4-6-10-17/h4-15H,3H2,1-2H3. The minimum absolute atomic E-state index is 0.441. The fraction of sp³-hybridized carbons (Fsp3) is 0.136. The summed E-state index contributed by atoms with van der Waals surface area (Å²) >= 11 is 0. The van der Waals surface area contributed by atoms with Gasteiger partial charge in [-0.05, 0) is 30.7 Å². The van der Waals surface area contributed by atoms with E-state index < -0.39 is 0 Å². The molecule has 0 aromatic heterocycles. The van der Waals surface area contributed by atoms with Gasteiger partial charge in [-0.15, -0.1) is 0 Å². The van der Waals surface area contributed by atoms with Crippen LogP contribution in [0.2, 0.25) is 0 Å². The molecule has 0 N–H and O–H groups in total. The van der Waals surface area contributed by atoms with Crippen molar-refractivity contribution in [2.75, 3.05) is 13.7 Å². The van der Waals surface area contributed by atoms with Crippen molar-refractivity contribution < 1.29 is 19.0 Å². The Bertz CT molecular complexity index is 888. The van der Waals surface area contributed by atoms with Crippen molar-refractivity contribution in [2.24, 2.45) is 0 Å². The van der Waals surface area contributed by atoms with E-state index in [1.165, 1.54) is 7.11 Å². The predicted molar refractivity (Wildman–Crippen MR) is 102 cm³/mol. The van der Waals surface area contributed by atoms with E-state index in [2.05, 4.69) is 0 Å². The largest absolute Gasteiger partial charge is 0.493 e. The number of hydrogen-bond donors (Lipinski definition) is 0. The van der Waals surface area contributed by atoms with Gasteiger partial charge in [0.1, 0.15) is 12.0 Å². The molecule has 0 saturated heterocycles. The van der Waals surface area contributed by atoms with Gasteiger partial charge in [-0.25, -0.2) is 0 Å². The van der Waals surface area contributed by atoms with Gasteiger partial charge in [0, 0.05) is 11.1 Å². The van der Waals surface area contributed by atoms with Crippen LogP contribution in [0.4, 0.5) is 0 Å². The van der Waals surface area contributed by atoms with Crippen molar-refractivity contribution in [1.82, 2.24) is 0 Å². The molecule has 3 aromatic carbocycles. The monoisotopic (exact) mass is 348 g/mol. The molecule has 0 amide bonds. The maximum absolute atomic E-state index is 11.3. The van der Waals surface area contributed by atoms with Crippen LogP contribution in [-0.2, 0) is 0 Å². The predicted octanol–water partition coefficient (Wildman–Crippen LogP) is 5.37. The Hall–Kier alpha value is -3.27. The second kappa shape index (κ2) is 8.21. The third kappa shape index (κ3) is 3.70. The highest BCUT2D eigenvalue weighted by Gasteiger charge is 2.17. The molecular weight excluding hydrogens is 328 g/mol. The molecule has 132 valence electrons. The second-order valence-corrected chi connectivity index (χ2v) is 5.57. The Labute approximate surface area is 153 Å². The van der Waals surface area contributed by atoms with E-state index in [1.54, 1.807) is 12.1 Å². The average molecular weight is 348 g/mol. The topological polar surface area (TPSA) is 44.8 Å². The third-order valence-electron chi connectivity index (χ3n) is 3.88. The van der Waals surface area contributed by atoms with Crippen LogP contribution in [0.25, 0.3) is 11.1 Å². The number of carbonyl (C=O) groups is 1. The van der Waals surface area contributed by atoms with Crippen molar-refractivity contribution in [3.63, 3.8) is 0 Å². The van der Waals surface area contributed by atoms with Crippen LogP contribution in [0.3, 0.4) is 0 Å². The van der Waals surface area contributed by atoms with Crippen molar-refractivity contribution >= 4 is 6.29 Å². The fourth-order valence-corrected chi connectivity index (χ4v) is 2.71. The minimum Gasteiger partial charge on any atom is -0.493 e. The summed E-state index contributed by atoms with van der Waals surface area (Å²) in [4.78, 5) is 11.3. The zero-order valence-electron chi connectivity index (χ0n) is 14.8. The highest BCUT2D eigenvalue weighted by atomic mass is 16.5. The number of aldehydes is 1. The lowest BCUT2D eigenvalue weighted by molar-refractivity contribution is 0.112. The SMILES string of the molecule is CCOc1c(OC)cc(C=O)cc1Oc1ccccc1-c1ccccc1. The highest BCUT2D eigenvalue weighted by molar-refractivity contribution is 5.79. The molecule has 4 heteroatoms. The molecule has 0 unspecified atom stereocenters. The van der Waals surface area contributed by atoms with Crippen LogP contribution in [-0.4, -0.2) is 20.0 Å². The van der Waals surface area contributed by atoms with E-state index in [0.29, 0.717) is 35.2 Å². The van der Waals surface area contributed by atoms with Crippen LogP contribution in [0.5, 0.6) is 23.0 Å². The molecule has 0 aliphatic heterocycles. The van der Waals surface area contributed by atoms with Crippen molar-refractivity contribution in [3.8, 4) is 34.1 Å². The Balaban J connectivity index is 2.08. The summed E-state index contributed by atoms with van der Waals surface area (Å²) in [5, 5.41) is 0. The van der Waals surface area contributed by atoms with Crippen molar-refractivity contribution in [2.45, 2.75) is 6.92 Å². The van der Waals surface area contributed by atoms with E-state index in [0.717, 1.165) is 17.4 Å². The zero-order valence-corrected chi connectivity index (χ0v) is 14.8. The highest BCUT2D eigenvalue weighted by Crippen LogP contribution is 2.42. The smallest absolute Gasteiger partial charge is 0.204 e. The molecule has 0 spiro atoms. The Kier molecular flexibility index (Phi) is 5.54. The third-order valence-corrected chi connectivity index (χ3v) is 3.88. The molecular formula is C22H20O4. The summed E-state index contributed by atoms with van der Waals surface area (Å²) in [5.74, 6) is 2.05. The second-order valence-electron chi connectivity index (χ2n) is 5.57. The summed E-state index contributed by atoms with van der Waals surface area (Å²) in [5.41, 5.74) is 2.45. The molecule has 3 aromatic rings. The molecule has 3 rings (SSSR count). The number of carbonyl (C=O) groups excluding carboxylic acids is 1. The van der Waals surface area contributed by atoms with Gasteiger partial charge >= 0.3 is 0 Å². The first-order chi connectivity index (χ1) is 12.8. The summed E-state index contributed by atoms with van der Waals surface area (Å²) in [7, 11) is 1.54. The summed E-state index contributed by atoms with van der Waals surface area (Å²) in [6.07, 6.45) is 0.758. The number of rotatable bonds is 7. The van der Waals surface area contributed by atoms with Crippen LogP contribution < -0.4 is 14.2 Å². The number of methoxy groups -OCH3 is 1. The first-order valence-corrected chi connectivity index (χ1v) is 8.39. The molecule has 26 heavy (non-hydrogen) atoms. The summed E-state index contributed by atoms with van der Waals surface area (Å²) < 4.78 is 17.2. The first-order valence-electron chi connectivity index (χ1n) is 8.39. The molecule has 0 saturated carbocycles. The molecule has 0 fully saturated rings. The van der Waals surface area contributed by atoms with Crippen molar-refractivity contribution in [1.29, 1.82) is 0 Å². The summed E-state index contributed by atoms with van der Waals surface area (Å²) in [6.45, 7) is 2.34. The van der Waals surface area contributed by atoms with E-state index in [9.17, 15) is 4.79 Å². The lowest BCUT2D eigenvalue weighted by Crippen LogP contribution is -2.00. The van der Waals surface area contributed by atoms with Gasteiger partial charge < -0.3 is 14.2 Å². The fourth-order valence-electron chi connectivity index (χ4n) is 2.71. The van der Waals surface area contributed by atoms with Crippen molar-refractivity contribution in [3.05, 3.63) is 72.3 Å². The molecule has 4 nitrogen and oxygen atoms in total.